The number of aliphatic hydroxyl groups is 1. The van der Waals surface area contributed by atoms with Crippen molar-refractivity contribution in [3.63, 3.8) is 0 Å². The van der Waals surface area contributed by atoms with Gasteiger partial charge in [-0.15, -0.1) is 0 Å². The normalized spacial score (nSPS) is 25.6. The van der Waals surface area contributed by atoms with E-state index in [9.17, 15) is 13.5 Å². The van der Waals surface area contributed by atoms with Crippen LogP contribution in [0.2, 0.25) is 0 Å². The van der Waals surface area contributed by atoms with Crippen molar-refractivity contribution in [2.75, 3.05) is 5.75 Å². The second kappa shape index (κ2) is 4.78. The van der Waals surface area contributed by atoms with Crippen LogP contribution in [0.3, 0.4) is 0 Å². The van der Waals surface area contributed by atoms with Crippen LogP contribution in [0.25, 0.3) is 0 Å². The zero-order chi connectivity index (χ0) is 12.5. The summed E-state index contributed by atoms with van der Waals surface area (Å²) in [6.07, 6.45) is 5.05. The van der Waals surface area contributed by atoms with Crippen LogP contribution in [-0.2, 0) is 23.3 Å². The van der Waals surface area contributed by atoms with E-state index in [-0.39, 0.29) is 5.75 Å². The van der Waals surface area contributed by atoms with Crippen LogP contribution in [0.4, 0.5) is 0 Å². The second-order valence-corrected chi connectivity index (χ2v) is 6.97. The molecule has 1 N–H and O–H groups in total. The summed E-state index contributed by atoms with van der Waals surface area (Å²) in [5.74, 6) is 0.924. The molecule has 96 valence electrons. The van der Waals surface area contributed by atoms with E-state index in [1.54, 1.807) is 17.0 Å². The molecule has 1 aromatic heterocycles. The Morgan fingerprint density at radius 3 is 2.94 bits per heavy atom. The molecule has 17 heavy (non-hydrogen) atoms. The molecule has 6 heteroatoms. The van der Waals surface area contributed by atoms with E-state index in [0.717, 1.165) is 12.2 Å². The molecule has 2 unspecified atom stereocenters. The number of aliphatic hydroxyl groups excluding tert-OH is 1. The van der Waals surface area contributed by atoms with Crippen molar-refractivity contribution in [1.29, 1.82) is 0 Å². The predicted octanol–water partition coefficient (Wildman–Crippen LogP) is 0.291. The highest BCUT2D eigenvalue weighted by atomic mass is 32.2. The highest BCUT2D eigenvalue weighted by Crippen LogP contribution is 2.23. The summed E-state index contributed by atoms with van der Waals surface area (Å²) in [5.41, 5.74) is 0. The maximum absolute atomic E-state index is 11.8. The molecule has 0 aromatic carbocycles. The lowest BCUT2D eigenvalue weighted by Gasteiger charge is -2.26. The molecule has 1 fully saturated rings. The van der Waals surface area contributed by atoms with Crippen molar-refractivity contribution in [2.24, 2.45) is 7.05 Å². The Labute approximate surface area is 101 Å². The van der Waals surface area contributed by atoms with Gasteiger partial charge in [-0.3, -0.25) is 0 Å². The summed E-state index contributed by atoms with van der Waals surface area (Å²) in [4.78, 5) is 4.11. The number of aromatic nitrogens is 2. The molecule has 2 heterocycles. The van der Waals surface area contributed by atoms with E-state index in [4.69, 9.17) is 0 Å². The zero-order valence-corrected chi connectivity index (χ0v) is 10.7. The minimum absolute atomic E-state index is 0.204. The van der Waals surface area contributed by atoms with Gasteiger partial charge in [0.25, 0.3) is 0 Å². The Bertz CT molecular complexity index is 481. The molecule has 0 radical (unpaired) electrons. The Kier molecular flexibility index (Phi) is 3.53. The number of imidazole rings is 1. The Hall–Kier alpha value is -0.880. The number of rotatable bonds is 3. The highest BCUT2D eigenvalue weighted by molar-refractivity contribution is 7.92. The number of nitrogens with zero attached hydrogens (tertiary/aromatic N) is 2. The second-order valence-electron chi connectivity index (χ2n) is 4.63. The van der Waals surface area contributed by atoms with Crippen LogP contribution in [0.15, 0.2) is 12.4 Å². The number of hydrogen-bond acceptors (Lipinski definition) is 4. The van der Waals surface area contributed by atoms with Crippen molar-refractivity contribution in [1.82, 2.24) is 9.55 Å². The van der Waals surface area contributed by atoms with Crippen LogP contribution in [0, 0.1) is 0 Å². The molecule has 5 nitrogen and oxygen atoms in total. The van der Waals surface area contributed by atoms with Gasteiger partial charge in [0.2, 0.25) is 0 Å². The van der Waals surface area contributed by atoms with Crippen LogP contribution >= 0.6 is 0 Å². The van der Waals surface area contributed by atoms with E-state index in [1.807, 2.05) is 7.05 Å². The first kappa shape index (κ1) is 12.6. The minimum atomic E-state index is -3.13. The molecular formula is C11H18N2O3S. The molecule has 1 saturated heterocycles. The van der Waals surface area contributed by atoms with Gasteiger partial charge in [0.1, 0.15) is 5.82 Å². The molecule has 2 atom stereocenters. The molecule has 0 bridgehead atoms. The SMILES string of the molecule is Cn1ccnc1CC(O)C1CCCCS1(=O)=O. The summed E-state index contributed by atoms with van der Waals surface area (Å²) in [6.45, 7) is 0. The lowest BCUT2D eigenvalue weighted by Crippen LogP contribution is -2.40. The van der Waals surface area contributed by atoms with Crippen molar-refractivity contribution < 1.29 is 13.5 Å². The maximum atomic E-state index is 11.8. The van der Waals surface area contributed by atoms with E-state index >= 15 is 0 Å². The lowest BCUT2D eigenvalue weighted by atomic mass is 10.1. The summed E-state index contributed by atoms with van der Waals surface area (Å²) in [7, 11) is -1.29. The Morgan fingerprint density at radius 2 is 2.35 bits per heavy atom. The zero-order valence-electron chi connectivity index (χ0n) is 9.91. The third-order valence-corrected chi connectivity index (χ3v) is 5.70. The molecule has 1 aliphatic rings. The third-order valence-electron chi connectivity index (χ3n) is 3.37. The highest BCUT2D eigenvalue weighted by Gasteiger charge is 2.35. The number of aryl methyl sites for hydroxylation is 1. The van der Waals surface area contributed by atoms with Crippen LogP contribution < -0.4 is 0 Å². The van der Waals surface area contributed by atoms with Gasteiger partial charge >= 0.3 is 0 Å². The third kappa shape index (κ3) is 2.69. The lowest BCUT2D eigenvalue weighted by molar-refractivity contribution is 0.159. The van der Waals surface area contributed by atoms with Gasteiger partial charge in [-0.05, 0) is 12.8 Å². The van der Waals surface area contributed by atoms with Gasteiger partial charge in [-0.1, -0.05) is 6.42 Å². The van der Waals surface area contributed by atoms with Gasteiger partial charge in [-0.25, -0.2) is 13.4 Å². The average Bonchev–Trinajstić information content (AvgIpc) is 2.63. The largest absolute Gasteiger partial charge is 0.391 e. The fourth-order valence-electron chi connectivity index (χ4n) is 2.32. The minimum Gasteiger partial charge on any atom is -0.391 e. The van der Waals surface area contributed by atoms with Crippen molar-refractivity contribution in [2.45, 2.75) is 37.0 Å². The first-order chi connectivity index (χ1) is 8.00. The summed E-state index contributed by atoms with van der Waals surface area (Å²) < 4.78 is 25.5. The first-order valence-corrected chi connectivity index (χ1v) is 7.58. The van der Waals surface area contributed by atoms with Crippen molar-refractivity contribution in [3.05, 3.63) is 18.2 Å². The van der Waals surface area contributed by atoms with Gasteiger partial charge in [0.05, 0.1) is 17.1 Å². The number of hydrogen-bond donors (Lipinski definition) is 1. The molecule has 1 aliphatic heterocycles. The monoisotopic (exact) mass is 258 g/mol. The molecule has 0 amide bonds. The smallest absolute Gasteiger partial charge is 0.155 e. The van der Waals surface area contributed by atoms with Gasteiger partial charge < -0.3 is 9.67 Å². The van der Waals surface area contributed by atoms with Crippen LogP contribution in [0.5, 0.6) is 0 Å². The van der Waals surface area contributed by atoms with Crippen LogP contribution in [0.1, 0.15) is 25.1 Å². The van der Waals surface area contributed by atoms with E-state index in [0.29, 0.717) is 19.3 Å². The van der Waals surface area contributed by atoms with Crippen molar-refractivity contribution in [3.8, 4) is 0 Å². The van der Waals surface area contributed by atoms with E-state index in [1.165, 1.54) is 0 Å². The van der Waals surface area contributed by atoms with E-state index in [2.05, 4.69) is 4.98 Å². The molecule has 0 aliphatic carbocycles. The molecule has 2 rings (SSSR count). The maximum Gasteiger partial charge on any atom is 0.155 e. The molecule has 0 saturated carbocycles. The predicted molar refractivity (Wildman–Crippen MR) is 64.3 cm³/mol. The average molecular weight is 258 g/mol. The van der Waals surface area contributed by atoms with Crippen molar-refractivity contribution >= 4 is 9.84 Å². The topological polar surface area (TPSA) is 72.2 Å². The van der Waals surface area contributed by atoms with E-state index < -0.39 is 21.2 Å². The summed E-state index contributed by atoms with van der Waals surface area (Å²) in [6, 6.07) is 0. The molecule has 1 aromatic rings. The quantitative estimate of drug-likeness (QED) is 0.846. The number of sulfone groups is 1. The first-order valence-electron chi connectivity index (χ1n) is 5.86. The van der Waals surface area contributed by atoms with Gasteiger partial charge in [-0.2, -0.15) is 0 Å². The molecule has 0 spiro atoms. The van der Waals surface area contributed by atoms with Gasteiger partial charge in [0.15, 0.2) is 9.84 Å². The summed E-state index contributed by atoms with van der Waals surface area (Å²) in [5, 5.41) is 9.46. The Balaban J connectivity index is 2.09. The van der Waals surface area contributed by atoms with Gasteiger partial charge in [0, 0.05) is 25.9 Å². The standard InChI is InChI=1S/C11H18N2O3S/c1-13-6-5-12-11(13)8-9(14)10-4-2-3-7-17(10,15)16/h5-6,9-10,14H,2-4,7-8H2,1H3. The molecular weight excluding hydrogens is 240 g/mol. The Morgan fingerprint density at radius 1 is 1.59 bits per heavy atom. The fourth-order valence-corrected chi connectivity index (χ4v) is 4.33. The van der Waals surface area contributed by atoms with Crippen LogP contribution in [-0.4, -0.2) is 40.2 Å². The fraction of sp³-hybridized carbons (Fsp3) is 0.727. The summed E-state index contributed by atoms with van der Waals surface area (Å²) >= 11 is 0.